The third-order valence-corrected chi connectivity index (χ3v) is 7.53. The number of hydrogen-bond donors (Lipinski definition) is 6. The first kappa shape index (κ1) is 28.2. The smallest absolute Gasteiger partial charge is 0.386 e. The Morgan fingerprint density at radius 2 is 1.77 bits per heavy atom. The highest BCUT2D eigenvalue weighted by Gasteiger charge is 2.50. The van der Waals surface area contributed by atoms with Crippen LogP contribution in [0.2, 0.25) is 0 Å². The molecule has 18 nitrogen and oxygen atoms in total. The summed E-state index contributed by atoms with van der Waals surface area (Å²) in [6, 6.07) is 0. The SMILES string of the molecule is CC(C)COP(=O)(O)OP(=O)(O)OC[C@H]1O[C@@H](n2cnc3c(N)ncnc32)[C@@H](O)[C@H]1OP(=O)(O)O. The summed E-state index contributed by atoms with van der Waals surface area (Å²) in [6.07, 6.45) is -4.31. The van der Waals surface area contributed by atoms with Gasteiger partial charge in [0.2, 0.25) is 0 Å². The van der Waals surface area contributed by atoms with Crippen LogP contribution in [-0.4, -0.2) is 75.7 Å². The van der Waals surface area contributed by atoms with Crippen molar-refractivity contribution < 1.29 is 61.0 Å². The Hall–Kier alpha value is -1.36. The number of fused-ring (bicyclic) bond motifs is 1. The van der Waals surface area contributed by atoms with E-state index >= 15 is 0 Å². The van der Waals surface area contributed by atoms with Crippen molar-refractivity contribution in [2.45, 2.75) is 38.4 Å². The van der Waals surface area contributed by atoms with E-state index in [1.807, 2.05) is 0 Å². The van der Waals surface area contributed by atoms with Crippen molar-refractivity contribution in [3.8, 4) is 0 Å². The molecule has 1 aliphatic heterocycles. The molecule has 0 saturated carbocycles. The van der Waals surface area contributed by atoms with E-state index < -0.39 is 54.6 Å². The van der Waals surface area contributed by atoms with Crippen molar-refractivity contribution in [2.24, 2.45) is 5.92 Å². The molecule has 0 aromatic carbocycles. The number of nitrogen functional groups attached to an aromatic ring is 1. The number of aliphatic hydroxyl groups excluding tert-OH is 1. The van der Waals surface area contributed by atoms with Gasteiger partial charge < -0.3 is 35.2 Å². The predicted octanol–water partition coefficient (Wildman–Crippen LogP) is 0.0513. The third kappa shape index (κ3) is 7.33. The number of hydrogen-bond acceptors (Lipinski definition) is 13. The molecule has 7 N–H and O–H groups in total. The van der Waals surface area contributed by atoms with Gasteiger partial charge in [0.15, 0.2) is 17.7 Å². The molecule has 3 heterocycles. The topological polar surface area (TPSA) is 268 Å². The van der Waals surface area contributed by atoms with Gasteiger partial charge in [-0.2, -0.15) is 4.31 Å². The maximum atomic E-state index is 12.2. The van der Waals surface area contributed by atoms with Gasteiger partial charge in [-0.25, -0.2) is 28.6 Å². The van der Waals surface area contributed by atoms with E-state index in [1.54, 1.807) is 13.8 Å². The molecular weight excluding hydrogens is 539 g/mol. The molecule has 1 aliphatic rings. The molecule has 198 valence electrons. The zero-order valence-electron chi connectivity index (χ0n) is 18.2. The fourth-order valence-corrected chi connectivity index (χ4v) is 5.84. The number of imidazole rings is 1. The van der Waals surface area contributed by atoms with Crippen LogP contribution in [0.1, 0.15) is 20.1 Å². The van der Waals surface area contributed by atoms with Crippen molar-refractivity contribution in [1.82, 2.24) is 19.5 Å². The molecule has 1 saturated heterocycles. The largest absolute Gasteiger partial charge is 0.481 e. The lowest BCUT2D eigenvalue weighted by Crippen LogP contribution is -2.35. The number of phosphoric ester groups is 3. The molecule has 0 amide bonds. The molecule has 2 aromatic rings. The van der Waals surface area contributed by atoms with Crippen LogP contribution in [-0.2, 0) is 36.3 Å². The quantitative estimate of drug-likeness (QED) is 0.197. The number of aliphatic hydroxyl groups is 1. The fraction of sp³-hybridized carbons (Fsp3) is 0.643. The van der Waals surface area contributed by atoms with Gasteiger partial charge in [0.1, 0.15) is 30.2 Å². The van der Waals surface area contributed by atoms with Gasteiger partial charge in [-0.1, -0.05) is 13.8 Å². The number of anilines is 1. The molecule has 2 aromatic heterocycles. The maximum Gasteiger partial charge on any atom is 0.481 e. The Kier molecular flexibility index (Phi) is 8.51. The highest BCUT2D eigenvalue weighted by molar-refractivity contribution is 7.61. The second-order valence-corrected chi connectivity index (χ2v) is 11.9. The van der Waals surface area contributed by atoms with E-state index in [2.05, 4.69) is 32.8 Å². The van der Waals surface area contributed by atoms with Crippen molar-refractivity contribution in [3.05, 3.63) is 12.7 Å². The molecule has 1 fully saturated rings. The number of nitrogens with two attached hydrogens (primary N) is 1. The minimum Gasteiger partial charge on any atom is -0.386 e. The van der Waals surface area contributed by atoms with Crippen LogP contribution < -0.4 is 5.73 Å². The molecule has 35 heavy (non-hydrogen) atoms. The molecular formula is C14H24N5O13P3. The first-order chi connectivity index (χ1) is 16.1. The average molecular weight is 563 g/mol. The molecule has 0 aliphatic carbocycles. The van der Waals surface area contributed by atoms with Gasteiger partial charge in [-0.3, -0.25) is 18.1 Å². The van der Waals surface area contributed by atoms with Crippen LogP contribution in [0.25, 0.3) is 11.2 Å². The molecule has 6 atom stereocenters. The monoisotopic (exact) mass is 563 g/mol. The fourth-order valence-electron chi connectivity index (χ4n) is 3.02. The highest BCUT2D eigenvalue weighted by Crippen LogP contribution is 2.60. The first-order valence-corrected chi connectivity index (χ1v) is 14.3. The van der Waals surface area contributed by atoms with Crippen molar-refractivity contribution in [1.29, 1.82) is 0 Å². The van der Waals surface area contributed by atoms with E-state index in [9.17, 15) is 38.4 Å². The average Bonchev–Trinajstić information content (AvgIpc) is 3.26. The summed E-state index contributed by atoms with van der Waals surface area (Å²) in [5.74, 6) is -0.190. The van der Waals surface area contributed by atoms with Crippen LogP contribution >= 0.6 is 23.5 Å². The third-order valence-electron chi connectivity index (χ3n) is 4.41. The van der Waals surface area contributed by atoms with Gasteiger partial charge in [0.05, 0.1) is 19.5 Å². The van der Waals surface area contributed by atoms with E-state index in [1.165, 1.54) is 4.57 Å². The lowest BCUT2D eigenvalue weighted by Gasteiger charge is -2.22. The Labute approximate surface area is 197 Å². The van der Waals surface area contributed by atoms with Crippen LogP contribution in [0, 0.1) is 5.92 Å². The number of phosphoric acid groups is 3. The maximum absolute atomic E-state index is 12.2. The highest BCUT2D eigenvalue weighted by atomic mass is 31.3. The lowest BCUT2D eigenvalue weighted by molar-refractivity contribution is -0.0502. The summed E-state index contributed by atoms with van der Waals surface area (Å²) in [5, 5.41) is 10.7. The van der Waals surface area contributed by atoms with Crippen molar-refractivity contribution in [3.63, 3.8) is 0 Å². The number of aromatic nitrogens is 4. The summed E-state index contributed by atoms with van der Waals surface area (Å²) in [6.45, 7) is 2.07. The van der Waals surface area contributed by atoms with Crippen LogP contribution in [0.5, 0.6) is 0 Å². The Bertz CT molecular complexity index is 1190. The van der Waals surface area contributed by atoms with Gasteiger partial charge in [0.25, 0.3) is 0 Å². The van der Waals surface area contributed by atoms with E-state index in [4.69, 9.17) is 10.5 Å². The summed E-state index contributed by atoms with van der Waals surface area (Å²) >= 11 is 0. The molecule has 2 unspecified atom stereocenters. The minimum absolute atomic E-state index is 0.00984. The van der Waals surface area contributed by atoms with Crippen LogP contribution in [0.4, 0.5) is 5.82 Å². The van der Waals surface area contributed by atoms with Crippen molar-refractivity contribution >= 4 is 40.4 Å². The summed E-state index contributed by atoms with van der Waals surface area (Å²) < 4.78 is 60.2. The molecule has 0 spiro atoms. The van der Waals surface area contributed by atoms with Crippen molar-refractivity contribution in [2.75, 3.05) is 18.9 Å². The minimum atomic E-state index is -5.26. The normalized spacial score (nSPS) is 26.7. The standard InChI is InChI=1S/C14H24N5O13P3/c1-7(2)3-28-34(24,25)32-35(26,27)29-4-8-11(31-33(21,22)23)10(20)14(30-8)19-6-18-9-12(15)16-5-17-13(9)19/h5-8,10-11,14,20H,3-4H2,1-2H3,(H,24,25)(H,26,27)(H2,15,16,17)(H2,21,22,23)/t8-,10+,11+,14-/m1/s1. The second kappa shape index (κ2) is 10.6. The van der Waals surface area contributed by atoms with Gasteiger partial charge in [-0.15, -0.1) is 0 Å². The van der Waals surface area contributed by atoms with E-state index in [0.29, 0.717) is 0 Å². The van der Waals surface area contributed by atoms with E-state index in [-0.39, 0.29) is 29.5 Å². The zero-order chi connectivity index (χ0) is 26.2. The summed E-state index contributed by atoms with van der Waals surface area (Å²) in [5.41, 5.74) is 5.96. The van der Waals surface area contributed by atoms with Crippen LogP contribution in [0.15, 0.2) is 12.7 Å². The number of rotatable bonds is 11. The molecule has 0 radical (unpaired) electrons. The lowest BCUT2D eigenvalue weighted by atomic mass is 10.1. The summed E-state index contributed by atoms with van der Waals surface area (Å²) in [4.78, 5) is 49.6. The Morgan fingerprint density at radius 1 is 1.11 bits per heavy atom. The van der Waals surface area contributed by atoms with Gasteiger partial charge >= 0.3 is 23.5 Å². The van der Waals surface area contributed by atoms with Gasteiger partial charge in [-0.05, 0) is 5.92 Å². The second-order valence-electron chi connectivity index (χ2n) is 7.70. The number of nitrogens with zero attached hydrogens (tertiary/aromatic N) is 4. The first-order valence-electron chi connectivity index (χ1n) is 9.75. The molecule has 21 heteroatoms. The Balaban J connectivity index is 1.79. The Morgan fingerprint density at radius 3 is 2.40 bits per heavy atom. The molecule has 0 bridgehead atoms. The van der Waals surface area contributed by atoms with Gasteiger partial charge in [0, 0.05) is 0 Å². The molecule has 3 rings (SSSR count). The van der Waals surface area contributed by atoms with E-state index in [0.717, 1.165) is 12.7 Å². The zero-order valence-corrected chi connectivity index (χ0v) is 20.8. The predicted molar refractivity (Wildman–Crippen MR) is 114 cm³/mol. The summed E-state index contributed by atoms with van der Waals surface area (Å²) in [7, 11) is -15.5. The van der Waals surface area contributed by atoms with Crippen LogP contribution in [0.3, 0.4) is 0 Å². The number of ether oxygens (including phenoxy) is 1.